The molecule has 0 fully saturated rings. The molecule has 7 heteroatoms. The predicted octanol–water partition coefficient (Wildman–Crippen LogP) is 1.44. The molecule has 1 aromatic heterocycles. The number of halogens is 2. The largest absolute Gasteiger partial charge is 0.347 e. The summed E-state index contributed by atoms with van der Waals surface area (Å²) >= 11 is 0. The highest BCUT2D eigenvalue weighted by molar-refractivity contribution is 5.90. The van der Waals surface area contributed by atoms with Crippen LogP contribution in [0.15, 0.2) is 24.5 Å². The number of benzene rings is 1. The van der Waals surface area contributed by atoms with E-state index in [4.69, 9.17) is 0 Å². The maximum Gasteiger partial charge on any atom is 0.288 e. The van der Waals surface area contributed by atoms with Crippen molar-refractivity contribution in [3.8, 4) is 0 Å². The van der Waals surface area contributed by atoms with E-state index >= 15 is 0 Å². The first-order chi connectivity index (χ1) is 9.08. The molecular weight excluding hydrogens is 254 g/mol. The third kappa shape index (κ3) is 3.12. The summed E-state index contributed by atoms with van der Waals surface area (Å²) in [5.74, 6) is -1.66. The summed E-state index contributed by atoms with van der Waals surface area (Å²) in [7, 11) is 0. The van der Waals surface area contributed by atoms with Crippen LogP contribution in [-0.4, -0.2) is 27.1 Å². The van der Waals surface area contributed by atoms with E-state index in [9.17, 15) is 13.6 Å². The van der Waals surface area contributed by atoms with Gasteiger partial charge in [0.2, 0.25) is 5.82 Å². The lowest BCUT2D eigenvalue weighted by Crippen LogP contribution is -2.35. The number of carbonyl (C=O) groups excluding carboxylic acids is 1. The number of rotatable bonds is 4. The van der Waals surface area contributed by atoms with E-state index in [0.717, 1.165) is 0 Å². The van der Waals surface area contributed by atoms with Crippen molar-refractivity contribution in [2.75, 3.05) is 0 Å². The molecule has 0 spiro atoms. The zero-order chi connectivity index (χ0) is 13.8. The summed E-state index contributed by atoms with van der Waals surface area (Å²) in [4.78, 5) is 15.3. The molecule has 0 aliphatic carbocycles. The molecule has 2 N–H and O–H groups in total. The van der Waals surface area contributed by atoms with Gasteiger partial charge < -0.3 is 5.32 Å². The summed E-state index contributed by atoms with van der Waals surface area (Å²) in [6.45, 7) is 1.65. The molecule has 1 atom stereocenters. The summed E-state index contributed by atoms with van der Waals surface area (Å²) in [5.41, 5.74) is -0.0483. The monoisotopic (exact) mass is 266 g/mol. The van der Waals surface area contributed by atoms with Crippen LogP contribution in [0.5, 0.6) is 0 Å². The number of nitrogens with one attached hydrogen (secondary N) is 2. The number of carbonyl (C=O) groups is 1. The highest BCUT2D eigenvalue weighted by Gasteiger charge is 2.16. The van der Waals surface area contributed by atoms with Gasteiger partial charge >= 0.3 is 0 Å². The van der Waals surface area contributed by atoms with Crippen LogP contribution in [0.25, 0.3) is 0 Å². The molecule has 19 heavy (non-hydrogen) atoms. The number of H-pyrrole nitrogens is 1. The maximum atomic E-state index is 13.4. The fourth-order valence-electron chi connectivity index (χ4n) is 1.69. The Morgan fingerprint density at radius 3 is 2.68 bits per heavy atom. The van der Waals surface area contributed by atoms with E-state index in [2.05, 4.69) is 20.5 Å². The second kappa shape index (κ2) is 5.55. The van der Waals surface area contributed by atoms with Gasteiger partial charge in [-0.1, -0.05) is 6.07 Å². The number of aromatic amines is 1. The highest BCUT2D eigenvalue weighted by Crippen LogP contribution is 2.14. The van der Waals surface area contributed by atoms with Gasteiger partial charge in [0.15, 0.2) is 0 Å². The Balaban J connectivity index is 2.02. The molecule has 1 unspecified atom stereocenters. The summed E-state index contributed by atoms with van der Waals surface area (Å²) < 4.78 is 26.9. The van der Waals surface area contributed by atoms with Crippen LogP contribution in [0.1, 0.15) is 23.1 Å². The average Bonchev–Trinajstić information content (AvgIpc) is 2.88. The van der Waals surface area contributed by atoms with E-state index < -0.39 is 23.6 Å². The Hall–Kier alpha value is -2.31. The van der Waals surface area contributed by atoms with E-state index in [1.54, 1.807) is 6.92 Å². The zero-order valence-electron chi connectivity index (χ0n) is 10.2. The molecule has 1 amide bonds. The zero-order valence-corrected chi connectivity index (χ0v) is 10.2. The third-order valence-corrected chi connectivity index (χ3v) is 2.58. The molecule has 2 rings (SSSR count). The number of hydrogen-bond donors (Lipinski definition) is 2. The van der Waals surface area contributed by atoms with E-state index in [1.165, 1.54) is 24.5 Å². The fraction of sp³-hybridized carbons (Fsp3) is 0.250. The number of nitrogens with zero attached hydrogens (tertiary/aromatic N) is 2. The van der Waals surface area contributed by atoms with Crippen molar-refractivity contribution in [2.45, 2.75) is 19.4 Å². The predicted molar refractivity (Wildman–Crippen MR) is 63.4 cm³/mol. The molecule has 5 nitrogen and oxygen atoms in total. The van der Waals surface area contributed by atoms with Gasteiger partial charge in [-0.15, -0.1) is 0 Å². The van der Waals surface area contributed by atoms with Crippen molar-refractivity contribution >= 4 is 5.91 Å². The number of hydrogen-bond acceptors (Lipinski definition) is 3. The Kier molecular flexibility index (Phi) is 3.84. The molecular formula is C12H12F2N4O. The van der Waals surface area contributed by atoms with Crippen molar-refractivity contribution in [1.82, 2.24) is 20.5 Å². The van der Waals surface area contributed by atoms with Gasteiger partial charge in [0.25, 0.3) is 5.91 Å². The smallest absolute Gasteiger partial charge is 0.288 e. The minimum Gasteiger partial charge on any atom is -0.347 e. The molecule has 0 saturated heterocycles. The maximum absolute atomic E-state index is 13.4. The van der Waals surface area contributed by atoms with Crippen LogP contribution in [0.4, 0.5) is 8.78 Å². The lowest BCUT2D eigenvalue weighted by Gasteiger charge is -2.13. The topological polar surface area (TPSA) is 70.7 Å². The third-order valence-electron chi connectivity index (χ3n) is 2.58. The Labute approximate surface area is 108 Å². The van der Waals surface area contributed by atoms with Crippen LogP contribution in [0, 0.1) is 11.6 Å². The molecule has 1 aromatic carbocycles. The first-order valence-corrected chi connectivity index (χ1v) is 5.67. The van der Waals surface area contributed by atoms with Crippen LogP contribution < -0.4 is 5.32 Å². The van der Waals surface area contributed by atoms with E-state index in [0.29, 0.717) is 0 Å². The number of amides is 1. The number of aromatic nitrogens is 3. The van der Waals surface area contributed by atoms with Gasteiger partial charge in [-0.25, -0.2) is 13.8 Å². The highest BCUT2D eigenvalue weighted by atomic mass is 19.1. The normalized spacial score (nSPS) is 12.2. The van der Waals surface area contributed by atoms with Crippen LogP contribution >= 0.6 is 0 Å². The summed E-state index contributed by atoms with van der Waals surface area (Å²) in [6, 6.07) is 3.22. The van der Waals surface area contributed by atoms with Crippen molar-refractivity contribution in [2.24, 2.45) is 0 Å². The molecule has 1 heterocycles. The van der Waals surface area contributed by atoms with Crippen molar-refractivity contribution in [1.29, 1.82) is 0 Å². The Morgan fingerprint density at radius 1 is 1.42 bits per heavy atom. The van der Waals surface area contributed by atoms with Gasteiger partial charge in [-0.05, 0) is 25.5 Å². The first kappa shape index (κ1) is 13.1. The lowest BCUT2D eigenvalue weighted by molar-refractivity contribution is 0.0929. The molecule has 100 valence electrons. The summed E-state index contributed by atoms with van der Waals surface area (Å²) in [6.07, 6.45) is 1.26. The molecule has 2 aromatic rings. The Bertz CT molecular complexity index is 551. The fourth-order valence-corrected chi connectivity index (χ4v) is 1.69. The first-order valence-electron chi connectivity index (χ1n) is 5.67. The second-order valence-corrected chi connectivity index (χ2v) is 4.11. The van der Waals surface area contributed by atoms with Crippen LogP contribution in [-0.2, 0) is 6.42 Å². The standard InChI is InChI=1S/C12H12F2N4O/c1-7(17-12(19)11-15-6-16-18-11)5-8-9(13)3-2-4-10(8)14/h2-4,6-7H,5H2,1H3,(H,17,19)(H,15,16,18). The van der Waals surface area contributed by atoms with Gasteiger partial charge in [0, 0.05) is 11.6 Å². The van der Waals surface area contributed by atoms with Crippen LogP contribution in [0.2, 0.25) is 0 Å². The minimum atomic E-state index is -0.624. The Morgan fingerprint density at radius 2 is 2.11 bits per heavy atom. The minimum absolute atomic E-state index is 0.0483. The van der Waals surface area contributed by atoms with Crippen LogP contribution in [0.3, 0.4) is 0 Å². The SMILES string of the molecule is CC(Cc1c(F)cccc1F)NC(=O)c1ncn[nH]1. The average molecular weight is 266 g/mol. The quantitative estimate of drug-likeness (QED) is 0.879. The van der Waals surface area contributed by atoms with Crippen molar-refractivity contribution in [3.05, 3.63) is 47.5 Å². The molecule has 0 aliphatic heterocycles. The van der Waals surface area contributed by atoms with E-state index in [-0.39, 0.29) is 17.8 Å². The summed E-state index contributed by atoms with van der Waals surface area (Å²) in [5, 5.41) is 8.53. The molecule has 0 bridgehead atoms. The van der Waals surface area contributed by atoms with E-state index in [1.807, 2.05) is 0 Å². The molecule has 0 radical (unpaired) electrons. The molecule has 0 aliphatic rings. The van der Waals surface area contributed by atoms with Gasteiger partial charge in [0.1, 0.15) is 18.0 Å². The van der Waals surface area contributed by atoms with Gasteiger partial charge in [-0.3, -0.25) is 9.89 Å². The lowest BCUT2D eigenvalue weighted by atomic mass is 10.1. The van der Waals surface area contributed by atoms with Gasteiger partial charge in [-0.2, -0.15) is 5.10 Å². The van der Waals surface area contributed by atoms with Gasteiger partial charge in [0.05, 0.1) is 0 Å². The van der Waals surface area contributed by atoms with Crippen molar-refractivity contribution < 1.29 is 13.6 Å². The van der Waals surface area contributed by atoms with Crippen molar-refractivity contribution in [3.63, 3.8) is 0 Å². The molecule has 0 saturated carbocycles. The second-order valence-electron chi connectivity index (χ2n) is 4.11.